The number of hydrogen-bond donors (Lipinski definition) is 1. The van der Waals surface area contributed by atoms with Crippen LogP contribution >= 0.6 is 0 Å². The minimum absolute atomic E-state index is 0.488. The number of anilines is 1. The predicted octanol–water partition coefficient (Wildman–Crippen LogP) is 6.84. The highest BCUT2D eigenvalue weighted by atomic mass is 14.9. The highest BCUT2D eigenvalue weighted by molar-refractivity contribution is 5.91. The van der Waals surface area contributed by atoms with Crippen molar-refractivity contribution in [3.63, 3.8) is 0 Å². The fraction of sp³-hybridized carbons (Fsp3) is 0.250. The van der Waals surface area contributed by atoms with E-state index < -0.39 is 0 Å². The number of nitrogens with two attached hydrogens (primary N) is 1. The lowest BCUT2D eigenvalue weighted by molar-refractivity contribution is 0.346. The molecule has 4 nitrogen and oxygen atoms in total. The Labute approximate surface area is 190 Å². The average molecular weight is 423 g/mol. The summed E-state index contributed by atoms with van der Waals surface area (Å²) in [7, 11) is 0. The van der Waals surface area contributed by atoms with E-state index in [0.717, 1.165) is 50.5 Å². The summed E-state index contributed by atoms with van der Waals surface area (Å²) in [5.74, 6) is 1.55. The molecule has 0 radical (unpaired) electrons. The number of benzene rings is 2. The Balaban J connectivity index is 0.000000433. The third-order valence-corrected chi connectivity index (χ3v) is 6.09. The lowest BCUT2D eigenvalue weighted by Crippen LogP contribution is -2.04. The first-order valence-corrected chi connectivity index (χ1v) is 11.3. The highest BCUT2D eigenvalue weighted by Gasteiger charge is 2.13. The molecule has 2 N–H and O–H groups in total. The Morgan fingerprint density at radius 1 is 1.00 bits per heavy atom. The van der Waals surface area contributed by atoms with Crippen LogP contribution in [0, 0.1) is 12.8 Å². The number of aromatic nitrogens is 3. The van der Waals surface area contributed by atoms with Gasteiger partial charge in [0.25, 0.3) is 0 Å². The van der Waals surface area contributed by atoms with Crippen molar-refractivity contribution in [3.05, 3.63) is 89.9 Å². The van der Waals surface area contributed by atoms with Crippen LogP contribution in [0.25, 0.3) is 27.7 Å². The zero-order chi connectivity index (χ0) is 22.5. The molecule has 0 saturated heterocycles. The van der Waals surface area contributed by atoms with Gasteiger partial charge in [0.2, 0.25) is 0 Å². The van der Waals surface area contributed by atoms with Gasteiger partial charge < -0.3 is 5.73 Å². The predicted molar refractivity (Wildman–Crippen MR) is 134 cm³/mol. The van der Waals surface area contributed by atoms with Gasteiger partial charge in [-0.25, -0.2) is 15.0 Å². The SMILES string of the molecule is C/C=C(/c1ccc2ccc(-c3ccccc3)nc2c1)c1c(C)ncnc1N.CC1CCC1. The van der Waals surface area contributed by atoms with Crippen LogP contribution in [0.3, 0.4) is 0 Å². The van der Waals surface area contributed by atoms with Gasteiger partial charge in [-0.2, -0.15) is 0 Å². The number of allylic oxidation sites excluding steroid dienone is 1. The fourth-order valence-corrected chi connectivity index (χ4v) is 3.95. The van der Waals surface area contributed by atoms with Gasteiger partial charge in [-0.05, 0) is 43.0 Å². The Morgan fingerprint density at radius 2 is 1.72 bits per heavy atom. The van der Waals surface area contributed by atoms with Crippen LogP contribution in [-0.2, 0) is 0 Å². The van der Waals surface area contributed by atoms with E-state index in [1.165, 1.54) is 25.6 Å². The number of fused-ring (bicyclic) bond motifs is 1. The third-order valence-electron chi connectivity index (χ3n) is 6.09. The number of nitrogens with zero attached hydrogens (tertiary/aromatic N) is 3. The largest absolute Gasteiger partial charge is 0.383 e. The van der Waals surface area contributed by atoms with Crippen LogP contribution in [0.4, 0.5) is 5.82 Å². The van der Waals surface area contributed by atoms with Gasteiger partial charge in [-0.3, -0.25) is 0 Å². The minimum atomic E-state index is 0.488. The third kappa shape index (κ3) is 4.70. The molecule has 0 amide bonds. The van der Waals surface area contributed by atoms with Crippen molar-refractivity contribution < 1.29 is 0 Å². The van der Waals surface area contributed by atoms with Crippen LogP contribution in [0.2, 0.25) is 0 Å². The molecular formula is C28H30N4. The normalized spacial score (nSPS) is 13.9. The summed E-state index contributed by atoms with van der Waals surface area (Å²) in [6.07, 6.45) is 8.00. The van der Waals surface area contributed by atoms with Gasteiger partial charge in [0, 0.05) is 16.5 Å². The van der Waals surface area contributed by atoms with E-state index in [1.54, 1.807) is 0 Å². The van der Waals surface area contributed by atoms with Crippen LogP contribution in [-0.4, -0.2) is 15.0 Å². The second-order valence-corrected chi connectivity index (χ2v) is 8.43. The number of rotatable bonds is 3. The monoisotopic (exact) mass is 422 g/mol. The number of hydrogen-bond acceptors (Lipinski definition) is 4. The summed E-state index contributed by atoms with van der Waals surface area (Å²) in [6.45, 7) is 6.26. The Kier molecular flexibility index (Phi) is 6.60. The van der Waals surface area contributed by atoms with Crippen LogP contribution in [0.15, 0.2) is 73.1 Å². The molecule has 162 valence electrons. The molecule has 0 atom stereocenters. The smallest absolute Gasteiger partial charge is 0.134 e. The van der Waals surface area contributed by atoms with Crippen LogP contribution < -0.4 is 5.73 Å². The summed E-state index contributed by atoms with van der Waals surface area (Å²) in [5, 5.41) is 1.10. The van der Waals surface area contributed by atoms with E-state index in [4.69, 9.17) is 10.7 Å². The highest BCUT2D eigenvalue weighted by Crippen LogP contribution is 2.31. The van der Waals surface area contributed by atoms with E-state index in [-0.39, 0.29) is 0 Å². The van der Waals surface area contributed by atoms with Gasteiger partial charge in [-0.15, -0.1) is 0 Å². The maximum absolute atomic E-state index is 6.14. The van der Waals surface area contributed by atoms with Gasteiger partial charge in [0.05, 0.1) is 16.9 Å². The molecule has 4 aromatic rings. The van der Waals surface area contributed by atoms with E-state index in [2.05, 4.69) is 59.4 Å². The first kappa shape index (κ1) is 21.7. The maximum Gasteiger partial charge on any atom is 0.134 e. The second kappa shape index (κ2) is 9.73. The Bertz CT molecular complexity index is 1220. The molecule has 1 fully saturated rings. The number of nitrogen functional groups attached to an aromatic ring is 1. The zero-order valence-corrected chi connectivity index (χ0v) is 19.0. The molecule has 1 aliphatic rings. The number of pyridine rings is 1. The van der Waals surface area contributed by atoms with Crippen molar-refractivity contribution in [1.29, 1.82) is 0 Å². The maximum atomic E-state index is 6.14. The second-order valence-electron chi connectivity index (χ2n) is 8.43. The average Bonchev–Trinajstić information content (AvgIpc) is 2.80. The van der Waals surface area contributed by atoms with Crippen LogP contribution in [0.1, 0.15) is 49.9 Å². The summed E-state index contributed by atoms with van der Waals surface area (Å²) in [5.41, 5.74) is 12.9. The molecule has 0 aliphatic heterocycles. The van der Waals surface area contributed by atoms with E-state index in [9.17, 15) is 0 Å². The summed E-state index contributed by atoms with van der Waals surface area (Å²) in [4.78, 5) is 13.3. The molecule has 2 heterocycles. The van der Waals surface area contributed by atoms with E-state index >= 15 is 0 Å². The molecule has 1 saturated carbocycles. The summed E-state index contributed by atoms with van der Waals surface area (Å²) >= 11 is 0. The van der Waals surface area contributed by atoms with Crippen molar-refractivity contribution in [2.45, 2.75) is 40.0 Å². The van der Waals surface area contributed by atoms with Gasteiger partial charge in [0.15, 0.2) is 0 Å². The molecule has 0 spiro atoms. The summed E-state index contributed by atoms with van der Waals surface area (Å²) in [6, 6.07) is 20.6. The van der Waals surface area contributed by atoms with E-state index in [1.807, 2.05) is 38.1 Å². The van der Waals surface area contributed by atoms with Crippen molar-refractivity contribution >= 4 is 22.3 Å². The molecule has 0 bridgehead atoms. The quantitative estimate of drug-likeness (QED) is 0.392. The standard InChI is InChI=1S/C23H20N4.C5H10/c1-3-19(22-15(2)25-14-26-23(22)24)18-10-9-17-11-12-20(27-21(17)13-18)16-7-5-4-6-8-16;1-5-3-2-4-5/h3-14H,1-2H3,(H2,24,25,26);5H,2-4H2,1H3/b19-3-;. The minimum Gasteiger partial charge on any atom is -0.383 e. The molecule has 2 aromatic heterocycles. The molecular weight excluding hydrogens is 392 g/mol. The Morgan fingerprint density at radius 3 is 2.34 bits per heavy atom. The molecule has 5 rings (SSSR count). The molecule has 1 aliphatic carbocycles. The van der Waals surface area contributed by atoms with Gasteiger partial charge >= 0.3 is 0 Å². The van der Waals surface area contributed by atoms with E-state index in [0.29, 0.717) is 5.82 Å². The van der Waals surface area contributed by atoms with Crippen LogP contribution in [0.5, 0.6) is 0 Å². The van der Waals surface area contributed by atoms with Crippen molar-refractivity contribution in [1.82, 2.24) is 15.0 Å². The molecule has 2 aromatic carbocycles. The lowest BCUT2D eigenvalue weighted by Gasteiger charge is -2.18. The Hall–Kier alpha value is -3.53. The molecule has 0 unspecified atom stereocenters. The summed E-state index contributed by atoms with van der Waals surface area (Å²) < 4.78 is 0. The first-order chi connectivity index (χ1) is 15.6. The molecule has 4 heteroatoms. The van der Waals surface area contributed by atoms with Gasteiger partial charge in [0.1, 0.15) is 12.1 Å². The zero-order valence-electron chi connectivity index (χ0n) is 19.0. The van der Waals surface area contributed by atoms with Crippen molar-refractivity contribution in [2.24, 2.45) is 5.92 Å². The first-order valence-electron chi connectivity index (χ1n) is 11.3. The molecule has 32 heavy (non-hydrogen) atoms. The fourth-order valence-electron chi connectivity index (χ4n) is 3.95. The number of aryl methyl sites for hydroxylation is 1. The van der Waals surface area contributed by atoms with Crippen molar-refractivity contribution in [2.75, 3.05) is 5.73 Å². The van der Waals surface area contributed by atoms with Crippen molar-refractivity contribution in [3.8, 4) is 11.3 Å². The van der Waals surface area contributed by atoms with Gasteiger partial charge in [-0.1, -0.05) is 80.8 Å². The lowest BCUT2D eigenvalue weighted by atomic mass is 9.88. The topological polar surface area (TPSA) is 64.7 Å².